The smallest absolute Gasteiger partial charge is 0.306 e. The Balaban J connectivity index is 1.48. The Morgan fingerprint density at radius 1 is 1.15 bits per heavy atom. The minimum Gasteiger partial charge on any atom is -0.481 e. The minimum atomic E-state index is -3.51. The molecule has 2 aliphatic rings. The monoisotopic (exact) mass is 520 g/mol. The largest absolute Gasteiger partial charge is 0.481 e. The Bertz CT molecular complexity index is 1260. The van der Waals surface area contributed by atoms with Crippen LogP contribution in [-0.2, 0) is 19.6 Å². The molecule has 34 heavy (non-hydrogen) atoms. The molecule has 2 aromatic rings. The molecular weight excluding hydrogens is 496 g/mol. The third-order valence-corrected chi connectivity index (χ3v) is 9.21. The molecule has 8 nitrogen and oxygen atoms in total. The molecule has 1 aliphatic heterocycles. The number of thiocarbonyl (C=S) groups is 1. The summed E-state index contributed by atoms with van der Waals surface area (Å²) in [6, 6.07) is 9.81. The highest BCUT2D eigenvalue weighted by atomic mass is 32.2. The number of carboxylic acid groups (broad SMARTS) is 1. The molecule has 0 bridgehead atoms. The number of furan rings is 1. The predicted molar refractivity (Wildman–Crippen MR) is 133 cm³/mol. The number of thioether (sulfide) groups is 1. The van der Waals surface area contributed by atoms with Crippen molar-refractivity contribution in [2.45, 2.75) is 36.6 Å². The lowest BCUT2D eigenvalue weighted by Gasteiger charge is -2.32. The van der Waals surface area contributed by atoms with Gasteiger partial charge in [0.2, 0.25) is 10.0 Å². The van der Waals surface area contributed by atoms with Crippen molar-refractivity contribution in [3.63, 3.8) is 0 Å². The van der Waals surface area contributed by atoms with Crippen LogP contribution in [0.2, 0.25) is 0 Å². The van der Waals surface area contributed by atoms with E-state index in [2.05, 4.69) is 0 Å². The Labute approximate surface area is 207 Å². The highest BCUT2D eigenvalue weighted by molar-refractivity contribution is 8.26. The van der Waals surface area contributed by atoms with Gasteiger partial charge in [-0.3, -0.25) is 14.5 Å². The molecule has 4 rings (SSSR count). The molecule has 11 heteroatoms. The maximum absolute atomic E-state index is 13.0. The first-order valence-electron chi connectivity index (χ1n) is 10.7. The van der Waals surface area contributed by atoms with Gasteiger partial charge >= 0.3 is 5.97 Å². The predicted octanol–water partition coefficient (Wildman–Crippen LogP) is 4.04. The molecule has 0 unspecified atom stereocenters. The highest BCUT2D eigenvalue weighted by Gasteiger charge is 2.39. The van der Waals surface area contributed by atoms with E-state index in [-0.39, 0.29) is 22.8 Å². The summed E-state index contributed by atoms with van der Waals surface area (Å²) >= 11 is 6.65. The fraction of sp³-hybridized carbons (Fsp3) is 0.348. The number of carbonyl (C=O) groups excluding carboxylic acids is 1. The summed E-state index contributed by atoms with van der Waals surface area (Å²) in [7, 11) is -0.557. The van der Waals surface area contributed by atoms with E-state index in [1.165, 1.54) is 38.0 Å². The number of carboxylic acids is 1. The van der Waals surface area contributed by atoms with Crippen LogP contribution in [0.25, 0.3) is 17.4 Å². The van der Waals surface area contributed by atoms with Crippen molar-refractivity contribution in [3.05, 3.63) is 47.1 Å². The number of hydrogen-bond donors (Lipinski definition) is 1. The van der Waals surface area contributed by atoms with Gasteiger partial charge in [0.15, 0.2) is 0 Å². The van der Waals surface area contributed by atoms with Gasteiger partial charge in [0.25, 0.3) is 5.91 Å². The van der Waals surface area contributed by atoms with Crippen LogP contribution in [0, 0.1) is 5.92 Å². The summed E-state index contributed by atoms with van der Waals surface area (Å²) in [6.07, 6.45) is 3.94. The lowest BCUT2D eigenvalue weighted by molar-refractivity contribution is -0.143. The molecule has 1 amide bonds. The van der Waals surface area contributed by atoms with E-state index in [9.17, 15) is 23.1 Å². The van der Waals surface area contributed by atoms with Crippen molar-refractivity contribution >= 4 is 56.3 Å². The lowest BCUT2D eigenvalue weighted by Crippen LogP contribution is -2.41. The van der Waals surface area contributed by atoms with Gasteiger partial charge in [0.1, 0.15) is 15.8 Å². The zero-order chi connectivity index (χ0) is 24.6. The van der Waals surface area contributed by atoms with Crippen LogP contribution in [0.4, 0.5) is 0 Å². The highest BCUT2D eigenvalue weighted by Crippen LogP contribution is 2.39. The average molecular weight is 521 g/mol. The van der Waals surface area contributed by atoms with E-state index in [1.807, 2.05) is 0 Å². The van der Waals surface area contributed by atoms with Crippen molar-refractivity contribution in [1.82, 2.24) is 9.21 Å². The van der Waals surface area contributed by atoms with E-state index in [0.717, 1.165) is 4.31 Å². The summed E-state index contributed by atoms with van der Waals surface area (Å²) in [6.45, 7) is 0. The van der Waals surface area contributed by atoms with Gasteiger partial charge in [-0.25, -0.2) is 12.7 Å². The Kier molecular flexibility index (Phi) is 6.99. The number of sulfonamides is 1. The molecule has 180 valence electrons. The molecule has 0 atom stereocenters. The number of rotatable bonds is 6. The molecule has 1 N–H and O–H groups in total. The van der Waals surface area contributed by atoms with Gasteiger partial charge in [0.05, 0.1) is 15.7 Å². The molecule has 0 radical (unpaired) electrons. The van der Waals surface area contributed by atoms with Crippen LogP contribution in [0.5, 0.6) is 0 Å². The van der Waals surface area contributed by atoms with Crippen molar-refractivity contribution in [3.8, 4) is 11.3 Å². The van der Waals surface area contributed by atoms with E-state index in [1.54, 1.807) is 35.2 Å². The molecule has 1 saturated heterocycles. The zero-order valence-corrected chi connectivity index (χ0v) is 21.1. The zero-order valence-electron chi connectivity index (χ0n) is 18.6. The first-order valence-corrected chi connectivity index (χ1v) is 13.4. The van der Waals surface area contributed by atoms with Gasteiger partial charge in [-0.1, -0.05) is 24.0 Å². The third-order valence-electron chi connectivity index (χ3n) is 6.05. The molecule has 2 fully saturated rings. The molecule has 1 aromatic carbocycles. The summed E-state index contributed by atoms with van der Waals surface area (Å²) in [4.78, 5) is 26.5. The minimum absolute atomic E-state index is 0.0851. The van der Waals surface area contributed by atoms with Gasteiger partial charge < -0.3 is 9.52 Å². The summed E-state index contributed by atoms with van der Waals surface area (Å²) < 4.78 is 32.0. The maximum atomic E-state index is 13.0. The summed E-state index contributed by atoms with van der Waals surface area (Å²) in [5.41, 5.74) is 0.708. The van der Waals surface area contributed by atoms with Crippen molar-refractivity contribution < 1.29 is 27.5 Å². The van der Waals surface area contributed by atoms with Gasteiger partial charge in [-0.15, -0.1) is 0 Å². The number of amides is 1. The lowest BCUT2D eigenvalue weighted by atomic mass is 9.85. The van der Waals surface area contributed by atoms with Crippen molar-refractivity contribution in [1.29, 1.82) is 0 Å². The average Bonchev–Trinajstić information content (AvgIpc) is 3.38. The van der Waals surface area contributed by atoms with Gasteiger partial charge in [-0.05, 0) is 62.1 Å². The van der Waals surface area contributed by atoms with E-state index < -0.39 is 16.0 Å². The standard InChI is InChI=1S/C23H24N2O6S3/c1-24(2)34(29,30)18-10-5-14(6-11-18)19-12-9-17(31-19)13-20-21(26)25(23(32)33-20)16-7-3-15(4-8-16)22(27)28/h5-6,9-13,15-16H,3-4,7-8H2,1-2H3,(H,27,28)/b20-13+. The van der Waals surface area contributed by atoms with Gasteiger partial charge in [0, 0.05) is 31.8 Å². The number of benzene rings is 1. The first kappa shape index (κ1) is 24.6. The fourth-order valence-corrected chi connectivity index (χ4v) is 6.37. The van der Waals surface area contributed by atoms with Crippen LogP contribution >= 0.6 is 24.0 Å². The second kappa shape index (κ2) is 9.65. The molecule has 2 heterocycles. The molecule has 1 aliphatic carbocycles. The first-order chi connectivity index (χ1) is 16.1. The summed E-state index contributed by atoms with van der Waals surface area (Å²) in [5.74, 6) is -0.308. The third kappa shape index (κ3) is 4.83. The van der Waals surface area contributed by atoms with Crippen LogP contribution < -0.4 is 0 Å². The van der Waals surface area contributed by atoms with Crippen LogP contribution in [-0.4, -0.2) is 59.1 Å². The van der Waals surface area contributed by atoms with E-state index in [4.69, 9.17) is 16.6 Å². The molecule has 0 spiro atoms. The fourth-order valence-electron chi connectivity index (χ4n) is 4.09. The topological polar surface area (TPSA) is 108 Å². The Morgan fingerprint density at radius 3 is 2.38 bits per heavy atom. The van der Waals surface area contributed by atoms with Crippen molar-refractivity contribution in [2.75, 3.05) is 14.1 Å². The second-order valence-electron chi connectivity index (χ2n) is 8.41. The maximum Gasteiger partial charge on any atom is 0.306 e. The normalized spacial score (nSPS) is 22.7. The van der Waals surface area contributed by atoms with Crippen LogP contribution in [0.15, 0.2) is 50.6 Å². The number of nitrogens with zero attached hydrogens (tertiary/aromatic N) is 2. The summed E-state index contributed by atoms with van der Waals surface area (Å²) in [5, 5.41) is 9.20. The SMILES string of the molecule is CN(C)S(=O)(=O)c1ccc(-c2ccc(/C=C3/SC(=S)N(C4CCC(C(=O)O)CC4)C3=O)o2)cc1. The number of hydrogen-bond acceptors (Lipinski definition) is 7. The van der Waals surface area contributed by atoms with E-state index >= 15 is 0 Å². The molecule has 1 saturated carbocycles. The van der Waals surface area contributed by atoms with Crippen molar-refractivity contribution in [2.24, 2.45) is 5.92 Å². The molecular formula is C23H24N2O6S3. The second-order valence-corrected chi connectivity index (χ2v) is 12.2. The number of aliphatic carboxylic acids is 1. The van der Waals surface area contributed by atoms with E-state index in [0.29, 0.717) is 52.0 Å². The van der Waals surface area contributed by atoms with Crippen LogP contribution in [0.3, 0.4) is 0 Å². The quantitative estimate of drug-likeness (QED) is 0.449. The Morgan fingerprint density at radius 2 is 1.79 bits per heavy atom. The van der Waals surface area contributed by atoms with Gasteiger partial charge in [-0.2, -0.15) is 0 Å². The van der Waals surface area contributed by atoms with Crippen LogP contribution in [0.1, 0.15) is 31.4 Å². The number of carbonyl (C=O) groups is 2. The molecule has 1 aromatic heterocycles. The Hall–Kier alpha value is -2.47.